The van der Waals surface area contributed by atoms with E-state index in [1.165, 1.54) is 30.0 Å². The highest BCUT2D eigenvalue weighted by Gasteiger charge is 2.62. The van der Waals surface area contributed by atoms with Crippen molar-refractivity contribution in [2.75, 3.05) is 6.54 Å². The van der Waals surface area contributed by atoms with Crippen LogP contribution < -0.4 is 4.72 Å². The summed E-state index contributed by atoms with van der Waals surface area (Å²) in [5, 5.41) is 10.6. The lowest BCUT2D eigenvalue weighted by atomic mass is 9.91. The van der Waals surface area contributed by atoms with Gasteiger partial charge in [-0.3, -0.25) is 4.79 Å². The van der Waals surface area contributed by atoms with Crippen LogP contribution in [-0.4, -0.2) is 54.3 Å². The van der Waals surface area contributed by atoms with Gasteiger partial charge in [-0.15, -0.1) is 0 Å². The molecule has 1 saturated carbocycles. The third kappa shape index (κ3) is 5.23. The van der Waals surface area contributed by atoms with E-state index in [0.29, 0.717) is 18.9 Å². The third-order valence-electron chi connectivity index (χ3n) is 7.44. The summed E-state index contributed by atoms with van der Waals surface area (Å²) < 4.78 is 96.0. The van der Waals surface area contributed by atoms with Gasteiger partial charge < -0.3 is 10.0 Å². The van der Waals surface area contributed by atoms with Crippen LogP contribution in [0.2, 0.25) is 0 Å². The summed E-state index contributed by atoms with van der Waals surface area (Å²) in [6, 6.07) is 4.40. The molecule has 4 rings (SSSR count). The Kier molecular flexibility index (Phi) is 7.15. The van der Waals surface area contributed by atoms with Gasteiger partial charge in [-0.2, -0.15) is 8.78 Å². The Morgan fingerprint density at radius 3 is 2.35 bits per heavy atom. The number of hydrogen-bond acceptors (Lipinski definition) is 4. The maximum atomic E-state index is 15.6. The predicted molar refractivity (Wildman–Crippen MR) is 125 cm³/mol. The van der Waals surface area contributed by atoms with E-state index in [1.54, 1.807) is 6.92 Å². The van der Waals surface area contributed by atoms with E-state index in [0.717, 1.165) is 12.1 Å². The lowest BCUT2D eigenvalue weighted by molar-refractivity contribution is -0.151. The first kappa shape index (κ1) is 27.5. The van der Waals surface area contributed by atoms with Crippen molar-refractivity contribution >= 4 is 15.9 Å². The SMILES string of the molecule is CC[C@](C)(O)C(=O)N1CC2(CC2)[C@H](NS(=O)(=O)C(F)F)[C@@H]1Cc1cccc(-c2cc(F)cc(F)c2)c1F. The zero-order valence-electron chi connectivity index (χ0n) is 20.1. The van der Waals surface area contributed by atoms with Crippen molar-refractivity contribution in [1.82, 2.24) is 9.62 Å². The van der Waals surface area contributed by atoms with Crippen LogP contribution in [0.1, 0.15) is 38.7 Å². The number of hydrogen-bond donors (Lipinski definition) is 2. The number of amides is 1. The molecule has 12 heteroatoms. The van der Waals surface area contributed by atoms with Crippen molar-refractivity contribution < 1.29 is 40.3 Å². The van der Waals surface area contributed by atoms with E-state index in [4.69, 9.17) is 0 Å². The largest absolute Gasteiger partial charge is 0.380 e. The molecule has 3 atom stereocenters. The second-order valence-corrected chi connectivity index (χ2v) is 11.7. The summed E-state index contributed by atoms with van der Waals surface area (Å²) in [5.74, 6) is -7.11. The summed E-state index contributed by atoms with van der Waals surface area (Å²) in [5.41, 5.74) is -2.85. The van der Waals surface area contributed by atoms with Gasteiger partial charge in [-0.25, -0.2) is 26.3 Å². The molecule has 2 aromatic carbocycles. The molecule has 1 amide bonds. The Hall–Kier alpha value is -2.57. The minimum atomic E-state index is -5.06. The highest BCUT2D eigenvalue weighted by molar-refractivity contribution is 7.89. The highest BCUT2D eigenvalue weighted by atomic mass is 32.2. The molecule has 2 aromatic rings. The number of aliphatic hydroxyl groups is 1. The zero-order valence-corrected chi connectivity index (χ0v) is 21.0. The Labute approximate surface area is 211 Å². The van der Waals surface area contributed by atoms with Crippen LogP contribution in [0.5, 0.6) is 0 Å². The summed E-state index contributed by atoms with van der Waals surface area (Å²) >= 11 is 0. The predicted octanol–water partition coefficient (Wildman–Crippen LogP) is 3.98. The van der Waals surface area contributed by atoms with E-state index in [1.807, 2.05) is 4.72 Å². The van der Waals surface area contributed by atoms with Crippen molar-refractivity contribution in [3.05, 3.63) is 59.4 Å². The van der Waals surface area contributed by atoms with E-state index >= 15 is 4.39 Å². The molecule has 1 heterocycles. The monoisotopic (exact) mass is 546 g/mol. The van der Waals surface area contributed by atoms with Gasteiger partial charge in [-0.05, 0) is 55.9 Å². The first-order valence-electron chi connectivity index (χ1n) is 11.8. The van der Waals surface area contributed by atoms with Gasteiger partial charge in [0.1, 0.15) is 23.1 Å². The smallest absolute Gasteiger partial charge is 0.350 e. The average Bonchev–Trinajstić information content (AvgIpc) is 3.54. The van der Waals surface area contributed by atoms with Crippen molar-refractivity contribution in [3.63, 3.8) is 0 Å². The molecule has 2 N–H and O–H groups in total. The maximum Gasteiger partial charge on any atom is 0.350 e. The molecule has 1 aliphatic carbocycles. The van der Waals surface area contributed by atoms with Gasteiger partial charge in [0, 0.05) is 29.6 Å². The van der Waals surface area contributed by atoms with Crippen molar-refractivity contribution in [2.45, 2.75) is 63.0 Å². The normalized spacial score (nSPS) is 22.5. The molecular weight excluding hydrogens is 519 g/mol. The Morgan fingerprint density at radius 2 is 1.81 bits per heavy atom. The number of benzene rings is 2. The number of carbonyl (C=O) groups excluding carboxylic acids is 1. The van der Waals surface area contributed by atoms with Crippen LogP contribution in [0.25, 0.3) is 11.1 Å². The molecule has 0 bridgehead atoms. The van der Waals surface area contributed by atoms with Gasteiger partial charge in [0.15, 0.2) is 0 Å². The molecule has 37 heavy (non-hydrogen) atoms. The van der Waals surface area contributed by atoms with Gasteiger partial charge in [0.25, 0.3) is 15.9 Å². The molecule has 202 valence electrons. The number of alkyl halides is 2. The van der Waals surface area contributed by atoms with E-state index in [9.17, 15) is 35.9 Å². The molecule has 0 unspecified atom stereocenters. The molecule has 2 aliphatic rings. The topological polar surface area (TPSA) is 86.7 Å². The fourth-order valence-electron chi connectivity index (χ4n) is 5.01. The number of carbonyl (C=O) groups is 1. The number of nitrogens with zero attached hydrogens (tertiary/aromatic N) is 1. The second kappa shape index (κ2) is 9.63. The summed E-state index contributed by atoms with van der Waals surface area (Å²) in [6.07, 6.45) is 0.637. The van der Waals surface area contributed by atoms with E-state index in [-0.39, 0.29) is 36.1 Å². The van der Waals surface area contributed by atoms with Crippen LogP contribution in [0.4, 0.5) is 22.0 Å². The first-order chi connectivity index (χ1) is 17.2. The zero-order chi connectivity index (χ0) is 27.3. The van der Waals surface area contributed by atoms with Crippen molar-refractivity contribution in [1.29, 1.82) is 0 Å². The maximum absolute atomic E-state index is 15.6. The molecule has 6 nitrogen and oxygen atoms in total. The van der Waals surface area contributed by atoms with Crippen LogP contribution in [0, 0.1) is 22.9 Å². The van der Waals surface area contributed by atoms with Gasteiger partial charge in [0.05, 0.1) is 6.04 Å². The molecular formula is C25H27F5N2O4S. The standard InChI is InChI=1S/C25H27F5N2O4S/c1-3-24(2,34)22(33)32-13-25(7-8-25)21(31-37(35,36)23(29)30)19(32)11-14-5-4-6-18(20(14)28)15-9-16(26)12-17(27)10-15/h4-6,9-10,12,19,21,23,31,34H,3,7-8,11,13H2,1-2H3/t19-,21+,24-/m0/s1. The van der Waals surface area contributed by atoms with Gasteiger partial charge in [-0.1, -0.05) is 25.1 Å². The molecule has 1 aliphatic heterocycles. The number of likely N-dealkylation sites (tertiary alicyclic amines) is 1. The summed E-state index contributed by atoms with van der Waals surface area (Å²) in [4.78, 5) is 14.5. The Morgan fingerprint density at radius 1 is 1.19 bits per heavy atom. The molecule has 0 radical (unpaired) electrons. The lowest BCUT2D eigenvalue weighted by Crippen LogP contribution is -2.54. The van der Waals surface area contributed by atoms with Crippen LogP contribution in [0.15, 0.2) is 36.4 Å². The van der Waals surface area contributed by atoms with Gasteiger partial charge >= 0.3 is 5.76 Å². The minimum absolute atomic E-state index is 0.000504. The average molecular weight is 547 g/mol. The minimum Gasteiger partial charge on any atom is -0.380 e. The fraction of sp³-hybridized carbons (Fsp3) is 0.480. The van der Waals surface area contributed by atoms with Crippen molar-refractivity contribution in [3.8, 4) is 11.1 Å². The molecule has 0 aromatic heterocycles. The number of nitrogens with one attached hydrogen (secondary N) is 1. The number of sulfonamides is 1. The highest BCUT2D eigenvalue weighted by Crippen LogP contribution is 2.56. The molecule has 1 saturated heterocycles. The summed E-state index contributed by atoms with van der Waals surface area (Å²) in [7, 11) is -5.06. The van der Waals surface area contributed by atoms with E-state index < -0.39 is 62.2 Å². The summed E-state index contributed by atoms with van der Waals surface area (Å²) in [6.45, 7) is 2.87. The molecule has 1 spiro atoms. The quantitative estimate of drug-likeness (QED) is 0.491. The second-order valence-electron chi connectivity index (χ2n) is 10.0. The number of halogens is 5. The Balaban J connectivity index is 1.77. The van der Waals surface area contributed by atoms with Crippen LogP contribution in [0.3, 0.4) is 0 Å². The van der Waals surface area contributed by atoms with Gasteiger partial charge in [0.2, 0.25) is 0 Å². The third-order valence-corrected chi connectivity index (χ3v) is 8.49. The Bertz CT molecular complexity index is 1290. The number of rotatable bonds is 8. The fourth-order valence-corrected chi connectivity index (χ4v) is 5.87. The first-order valence-corrected chi connectivity index (χ1v) is 13.3. The molecule has 2 fully saturated rings. The van der Waals surface area contributed by atoms with E-state index in [2.05, 4.69) is 0 Å². The van der Waals surface area contributed by atoms with Crippen LogP contribution >= 0.6 is 0 Å². The lowest BCUT2D eigenvalue weighted by Gasteiger charge is -2.33. The van der Waals surface area contributed by atoms with Crippen LogP contribution in [-0.2, 0) is 21.2 Å². The van der Waals surface area contributed by atoms with Crippen molar-refractivity contribution in [2.24, 2.45) is 5.41 Å².